The number of aliphatic hydroxyl groups excluding tert-OH is 1. The minimum atomic E-state index is -0.450. The molecule has 3 rings (SSSR count). The van der Waals surface area contributed by atoms with Gasteiger partial charge in [0.2, 0.25) is 5.91 Å². The second-order valence-electron chi connectivity index (χ2n) is 5.95. The number of amides is 1. The largest absolute Gasteiger partial charge is 0.391 e. The molecule has 1 aromatic carbocycles. The van der Waals surface area contributed by atoms with Gasteiger partial charge in [-0.3, -0.25) is 4.79 Å². The van der Waals surface area contributed by atoms with Crippen molar-refractivity contribution in [3.63, 3.8) is 0 Å². The van der Waals surface area contributed by atoms with Gasteiger partial charge in [-0.25, -0.2) is 0 Å². The molecule has 0 radical (unpaired) electrons. The standard InChI is InChI=1S/C16H22N4O2/c21-15-10-4-2-1-3-9-14(15)17-16(22)11-20-18-12-7-5-6-8-13(12)19-20/h5-8,14-15,21H,1-4,9-11H2,(H,17,22)/t14-,15-/m0/s1. The van der Waals surface area contributed by atoms with E-state index in [1.807, 2.05) is 24.3 Å². The third-order valence-corrected chi connectivity index (χ3v) is 4.19. The average molecular weight is 302 g/mol. The molecule has 1 amide bonds. The molecule has 1 fully saturated rings. The number of aromatic nitrogens is 3. The number of benzene rings is 1. The third kappa shape index (κ3) is 3.62. The van der Waals surface area contributed by atoms with Crippen LogP contribution in [0.3, 0.4) is 0 Å². The van der Waals surface area contributed by atoms with Crippen molar-refractivity contribution in [3.05, 3.63) is 24.3 Å². The summed E-state index contributed by atoms with van der Waals surface area (Å²) in [5, 5.41) is 21.7. The fourth-order valence-corrected chi connectivity index (χ4v) is 2.99. The summed E-state index contributed by atoms with van der Waals surface area (Å²) in [5.41, 5.74) is 1.56. The summed E-state index contributed by atoms with van der Waals surface area (Å²) < 4.78 is 0. The van der Waals surface area contributed by atoms with Crippen molar-refractivity contribution in [1.82, 2.24) is 20.3 Å². The normalized spacial score (nSPS) is 23.0. The Morgan fingerprint density at radius 2 is 1.77 bits per heavy atom. The van der Waals surface area contributed by atoms with Crippen molar-refractivity contribution < 1.29 is 9.90 Å². The first-order valence-corrected chi connectivity index (χ1v) is 8.00. The second-order valence-corrected chi connectivity index (χ2v) is 5.95. The van der Waals surface area contributed by atoms with Crippen molar-refractivity contribution in [2.24, 2.45) is 0 Å². The first-order valence-electron chi connectivity index (χ1n) is 8.00. The van der Waals surface area contributed by atoms with Crippen LogP contribution in [0.15, 0.2) is 24.3 Å². The molecule has 0 saturated heterocycles. The molecule has 0 spiro atoms. The van der Waals surface area contributed by atoms with Gasteiger partial charge in [0, 0.05) is 0 Å². The summed E-state index contributed by atoms with van der Waals surface area (Å²) in [4.78, 5) is 13.6. The number of fused-ring (bicyclic) bond motifs is 1. The number of nitrogens with zero attached hydrogens (tertiary/aromatic N) is 3. The summed E-state index contributed by atoms with van der Waals surface area (Å²) in [6.45, 7) is 0.0812. The third-order valence-electron chi connectivity index (χ3n) is 4.19. The molecule has 2 atom stereocenters. The maximum atomic E-state index is 12.2. The van der Waals surface area contributed by atoms with E-state index in [0.717, 1.165) is 36.7 Å². The van der Waals surface area contributed by atoms with Crippen LogP contribution in [0.25, 0.3) is 11.0 Å². The van der Waals surface area contributed by atoms with Crippen LogP contribution < -0.4 is 5.32 Å². The van der Waals surface area contributed by atoms with Crippen LogP contribution in [-0.4, -0.2) is 38.2 Å². The summed E-state index contributed by atoms with van der Waals surface area (Å²) in [6, 6.07) is 7.38. The van der Waals surface area contributed by atoms with Gasteiger partial charge in [-0.05, 0) is 25.0 Å². The van der Waals surface area contributed by atoms with Gasteiger partial charge in [0.15, 0.2) is 0 Å². The Hall–Kier alpha value is -1.95. The van der Waals surface area contributed by atoms with Crippen LogP contribution in [0.1, 0.15) is 38.5 Å². The molecule has 0 bridgehead atoms. The second kappa shape index (κ2) is 6.87. The smallest absolute Gasteiger partial charge is 0.243 e. The van der Waals surface area contributed by atoms with E-state index >= 15 is 0 Å². The zero-order chi connectivity index (χ0) is 15.4. The van der Waals surface area contributed by atoms with Crippen molar-refractivity contribution in [2.45, 2.75) is 57.2 Å². The maximum Gasteiger partial charge on any atom is 0.243 e. The Morgan fingerprint density at radius 3 is 2.45 bits per heavy atom. The monoisotopic (exact) mass is 302 g/mol. The average Bonchev–Trinajstić information content (AvgIpc) is 2.89. The van der Waals surface area contributed by atoms with Crippen molar-refractivity contribution in [3.8, 4) is 0 Å². The first kappa shape index (κ1) is 15.0. The van der Waals surface area contributed by atoms with Gasteiger partial charge in [0.05, 0.1) is 12.1 Å². The molecule has 1 saturated carbocycles. The van der Waals surface area contributed by atoms with E-state index in [1.165, 1.54) is 17.6 Å². The van der Waals surface area contributed by atoms with Crippen LogP contribution >= 0.6 is 0 Å². The highest BCUT2D eigenvalue weighted by Gasteiger charge is 2.22. The molecule has 2 aromatic rings. The van der Waals surface area contributed by atoms with Crippen LogP contribution in [0.4, 0.5) is 0 Å². The van der Waals surface area contributed by atoms with Gasteiger partial charge in [-0.2, -0.15) is 15.0 Å². The molecule has 1 aliphatic rings. The molecular weight excluding hydrogens is 280 g/mol. The van der Waals surface area contributed by atoms with Gasteiger partial charge >= 0.3 is 0 Å². The highest BCUT2D eigenvalue weighted by molar-refractivity contribution is 5.77. The van der Waals surface area contributed by atoms with E-state index in [9.17, 15) is 9.90 Å². The summed E-state index contributed by atoms with van der Waals surface area (Å²) in [6.07, 6.45) is 5.56. The Labute approximate surface area is 129 Å². The van der Waals surface area contributed by atoms with E-state index in [2.05, 4.69) is 15.5 Å². The van der Waals surface area contributed by atoms with Crippen LogP contribution in [0.2, 0.25) is 0 Å². The fourth-order valence-electron chi connectivity index (χ4n) is 2.99. The molecule has 6 heteroatoms. The Bertz CT molecular complexity index is 607. The van der Waals surface area contributed by atoms with Crippen molar-refractivity contribution >= 4 is 16.9 Å². The lowest BCUT2D eigenvalue weighted by Crippen LogP contribution is -2.45. The van der Waals surface area contributed by atoms with E-state index in [0.29, 0.717) is 0 Å². The van der Waals surface area contributed by atoms with Gasteiger partial charge in [0.25, 0.3) is 0 Å². The Morgan fingerprint density at radius 1 is 1.14 bits per heavy atom. The van der Waals surface area contributed by atoms with Crippen molar-refractivity contribution in [2.75, 3.05) is 0 Å². The summed E-state index contributed by atoms with van der Waals surface area (Å²) >= 11 is 0. The molecule has 6 nitrogen and oxygen atoms in total. The van der Waals surface area contributed by atoms with E-state index in [1.54, 1.807) is 0 Å². The molecule has 0 aliphatic heterocycles. The lowest BCUT2D eigenvalue weighted by molar-refractivity contribution is -0.123. The predicted octanol–water partition coefficient (Wildman–Crippen LogP) is 1.63. The highest BCUT2D eigenvalue weighted by atomic mass is 16.3. The number of hydrogen-bond acceptors (Lipinski definition) is 4. The molecule has 1 aliphatic carbocycles. The number of nitrogens with one attached hydrogen (secondary N) is 1. The quantitative estimate of drug-likeness (QED) is 0.903. The van der Waals surface area contributed by atoms with E-state index in [4.69, 9.17) is 0 Å². The Kier molecular flexibility index (Phi) is 4.68. The topological polar surface area (TPSA) is 80.0 Å². The minimum absolute atomic E-state index is 0.0812. The minimum Gasteiger partial charge on any atom is -0.391 e. The number of rotatable bonds is 3. The number of aliphatic hydroxyl groups is 1. The molecule has 22 heavy (non-hydrogen) atoms. The highest BCUT2D eigenvalue weighted by Crippen LogP contribution is 2.17. The van der Waals surface area contributed by atoms with Crippen LogP contribution in [0.5, 0.6) is 0 Å². The lowest BCUT2D eigenvalue weighted by Gasteiger charge is -2.26. The van der Waals surface area contributed by atoms with Gasteiger partial charge in [0.1, 0.15) is 17.6 Å². The SMILES string of the molecule is O=C(Cn1nc2ccccc2n1)N[C@H]1CCCCCC[C@@H]1O. The molecule has 118 valence electrons. The van der Waals surface area contributed by atoms with Gasteiger partial charge < -0.3 is 10.4 Å². The first-order chi connectivity index (χ1) is 10.7. The summed E-state index contributed by atoms with van der Waals surface area (Å²) in [7, 11) is 0. The summed E-state index contributed by atoms with van der Waals surface area (Å²) in [5.74, 6) is -0.148. The predicted molar refractivity (Wildman–Crippen MR) is 83.2 cm³/mol. The van der Waals surface area contributed by atoms with E-state index in [-0.39, 0.29) is 18.5 Å². The number of hydrogen-bond donors (Lipinski definition) is 2. The van der Waals surface area contributed by atoms with Crippen molar-refractivity contribution in [1.29, 1.82) is 0 Å². The van der Waals surface area contributed by atoms with Gasteiger partial charge in [-0.15, -0.1) is 0 Å². The van der Waals surface area contributed by atoms with Crippen LogP contribution in [-0.2, 0) is 11.3 Å². The van der Waals surface area contributed by atoms with Crippen LogP contribution in [0, 0.1) is 0 Å². The molecule has 1 aromatic heterocycles. The molecule has 2 N–H and O–H groups in total. The fraction of sp³-hybridized carbons (Fsp3) is 0.562. The number of carbonyl (C=O) groups excluding carboxylic acids is 1. The molecular formula is C16H22N4O2. The molecule has 1 heterocycles. The zero-order valence-corrected chi connectivity index (χ0v) is 12.6. The maximum absolute atomic E-state index is 12.2. The van der Waals surface area contributed by atoms with Gasteiger partial charge in [-0.1, -0.05) is 37.8 Å². The molecule has 0 unspecified atom stereocenters. The zero-order valence-electron chi connectivity index (χ0n) is 12.6. The Balaban J connectivity index is 1.61. The number of carbonyl (C=O) groups is 1. The van der Waals surface area contributed by atoms with E-state index < -0.39 is 6.10 Å². The lowest BCUT2D eigenvalue weighted by atomic mass is 9.94.